The number of piperidine rings is 1. The molecule has 0 aromatic heterocycles. The van der Waals surface area contributed by atoms with E-state index < -0.39 is 11.5 Å². The summed E-state index contributed by atoms with van der Waals surface area (Å²) in [5.41, 5.74) is -0.473. The predicted molar refractivity (Wildman–Crippen MR) is 90.2 cm³/mol. The van der Waals surface area contributed by atoms with Crippen LogP contribution in [0.25, 0.3) is 0 Å². The van der Waals surface area contributed by atoms with E-state index in [1.54, 1.807) is 9.80 Å². The molecule has 25 heavy (non-hydrogen) atoms. The Labute approximate surface area is 148 Å². The van der Waals surface area contributed by atoms with Crippen LogP contribution in [0.4, 0.5) is 0 Å². The van der Waals surface area contributed by atoms with E-state index in [4.69, 9.17) is 0 Å². The first-order valence-corrected chi connectivity index (χ1v) is 9.13. The van der Waals surface area contributed by atoms with Gasteiger partial charge in [-0.15, -0.1) is 0 Å². The van der Waals surface area contributed by atoms with Gasteiger partial charge in [0.05, 0.1) is 12.3 Å². The zero-order valence-electron chi connectivity index (χ0n) is 15.2. The summed E-state index contributed by atoms with van der Waals surface area (Å²) in [4.78, 5) is 52.7. The van der Waals surface area contributed by atoms with Gasteiger partial charge >= 0.3 is 0 Å². The van der Waals surface area contributed by atoms with Crippen molar-refractivity contribution in [2.75, 3.05) is 13.1 Å². The SMILES string of the molecule is CC(C)(C)C(=O)N1CCC[C@@H](C(=O)N(C2CC2)[C@@H]2CC(=O)NC2=O)C1. The van der Waals surface area contributed by atoms with Crippen LogP contribution in [0.15, 0.2) is 0 Å². The minimum atomic E-state index is -0.679. The topological polar surface area (TPSA) is 86.8 Å². The second-order valence-corrected chi connectivity index (χ2v) is 8.45. The highest BCUT2D eigenvalue weighted by Gasteiger charge is 2.47. The Morgan fingerprint density at radius 3 is 2.36 bits per heavy atom. The molecule has 3 fully saturated rings. The molecule has 2 saturated heterocycles. The molecule has 1 N–H and O–H groups in total. The number of carbonyl (C=O) groups excluding carboxylic acids is 4. The lowest BCUT2D eigenvalue weighted by Gasteiger charge is -2.38. The Hall–Kier alpha value is -1.92. The van der Waals surface area contributed by atoms with E-state index in [1.165, 1.54) is 0 Å². The Morgan fingerprint density at radius 1 is 1.16 bits per heavy atom. The Balaban J connectivity index is 1.73. The number of rotatable bonds is 3. The summed E-state index contributed by atoms with van der Waals surface area (Å²) in [6.07, 6.45) is 3.31. The normalized spacial score (nSPS) is 27.2. The molecule has 3 aliphatic rings. The van der Waals surface area contributed by atoms with Crippen molar-refractivity contribution in [3.05, 3.63) is 0 Å². The lowest BCUT2D eigenvalue weighted by molar-refractivity contribution is -0.148. The standard InChI is InChI=1S/C18H27N3O4/c1-18(2,3)17(25)20-8-4-5-11(10-20)16(24)21(12-6-7-12)13-9-14(22)19-15(13)23/h11-13H,4-10H2,1-3H3,(H,19,22,23)/t11-,13-/m1/s1. The minimum Gasteiger partial charge on any atom is -0.341 e. The van der Waals surface area contributed by atoms with Crippen molar-refractivity contribution in [2.45, 2.75) is 65.0 Å². The first-order chi connectivity index (χ1) is 11.7. The first-order valence-electron chi connectivity index (χ1n) is 9.13. The summed E-state index contributed by atoms with van der Waals surface area (Å²) >= 11 is 0. The summed E-state index contributed by atoms with van der Waals surface area (Å²) < 4.78 is 0. The van der Waals surface area contributed by atoms with Crippen molar-refractivity contribution in [3.63, 3.8) is 0 Å². The molecule has 3 rings (SSSR count). The van der Waals surface area contributed by atoms with Gasteiger partial charge in [-0.25, -0.2) is 0 Å². The third-order valence-corrected chi connectivity index (χ3v) is 5.17. The molecule has 0 aromatic carbocycles. The number of likely N-dealkylation sites (tertiary alicyclic amines) is 1. The fourth-order valence-electron chi connectivity index (χ4n) is 3.75. The van der Waals surface area contributed by atoms with Gasteiger partial charge in [-0.05, 0) is 25.7 Å². The van der Waals surface area contributed by atoms with Gasteiger partial charge in [0.25, 0.3) is 0 Å². The molecule has 1 saturated carbocycles. The van der Waals surface area contributed by atoms with Crippen LogP contribution in [0.1, 0.15) is 52.9 Å². The minimum absolute atomic E-state index is 0.0526. The molecule has 0 unspecified atom stereocenters. The molecule has 4 amide bonds. The molecule has 0 spiro atoms. The van der Waals surface area contributed by atoms with Crippen molar-refractivity contribution in [3.8, 4) is 0 Å². The molecular weight excluding hydrogens is 322 g/mol. The van der Waals surface area contributed by atoms with Crippen LogP contribution in [0.2, 0.25) is 0 Å². The summed E-state index contributed by atoms with van der Waals surface area (Å²) in [7, 11) is 0. The van der Waals surface area contributed by atoms with E-state index in [2.05, 4.69) is 5.32 Å². The zero-order chi connectivity index (χ0) is 18.4. The molecule has 7 heteroatoms. The number of hydrogen-bond donors (Lipinski definition) is 1. The Morgan fingerprint density at radius 2 is 1.84 bits per heavy atom. The van der Waals surface area contributed by atoms with Gasteiger partial charge in [0.1, 0.15) is 6.04 Å². The highest BCUT2D eigenvalue weighted by molar-refractivity contribution is 6.07. The first kappa shape index (κ1) is 17.9. The fourth-order valence-corrected chi connectivity index (χ4v) is 3.75. The van der Waals surface area contributed by atoms with Gasteiger partial charge in [-0.3, -0.25) is 24.5 Å². The lowest BCUT2D eigenvalue weighted by Crippen LogP contribution is -2.53. The van der Waals surface area contributed by atoms with Gasteiger partial charge in [0.15, 0.2) is 0 Å². The Bertz CT molecular complexity index is 606. The van der Waals surface area contributed by atoms with E-state index in [0.717, 1.165) is 25.7 Å². The molecule has 0 radical (unpaired) electrons. The summed E-state index contributed by atoms with van der Waals surface area (Å²) in [5, 5.41) is 2.30. The molecule has 2 atom stereocenters. The van der Waals surface area contributed by atoms with Crippen LogP contribution in [0.5, 0.6) is 0 Å². The molecule has 2 aliphatic heterocycles. The highest BCUT2D eigenvalue weighted by Crippen LogP contribution is 2.34. The van der Waals surface area contributed by atoms with Crippen LogP contribution < -0.4 is 5.32 Å². The smallest absolute Gasteiger partial charge is 0.249 e. The average Bonchev–Trinajstić information content (AvgIpc) is 3.31. The quantitative estimate of drug-likeness (QED) is 0.759. The van der Waals surface area contributed by atoms with Gasteiger partial charge in [0, 0.05) is 24.5 Å². The molecule has 1 aliphatic carbocycles. The Kier molecular flexibility index (Phi) is 4.60. The fraction of sp³-hybridized carbons (Fsp3) is 0.778. The summed E-state index contributed by atoms with van der Waals surface area (Å²) in [6, 6.07) is -0.621. The van der Waals surface area contributed by atoms with E-state index >= 15 is 0 Å². The molecular formula is C18H27N3O4. The number of nitrogens with zero attached hydrogens (tertiary/aromatic N) is 2. The number of imide groups is 1. The van der Waals surface area contributed by atoms with Gasteiger partial charge < -0.3 is 9.80 Å². The van der Waals surface area contributed by atoms with Crippen molar-refractivity contribution >= 4 is 23.6 Å². The highest BCUT2D eigenvalue weighted by atomic mass is 16.2. The third kappa shape index (κ3) is 3.70. The number of nitrogens with one attached hydrogen (secondary N) is 1. The molecule has 0 bridgehead atoms. The monoisotopic (exact) mass is 349 g/mol. The maximum atomic E-state index is 13.1. The number of hydrogen-bond acceptors (Lipinski definition) is 4. The maximum Gasteiger partial charge on any atom is 0.249 e. The number of carbonyl (C=O) groups is 4. The molecule has 7 nitrogen and oxygen atoms in total. The molecule has 0 aromatic rings. The summed E-state index contributed by atoms with van der Waals surface area (Å²) in [6.45, 7) is 6.72. The maximum absolute atomic E-state index is 13.1. The van der Waals surface area contributed by atoms with Gasteiger partial charge in [-0.2, -0.15) is 0 Å². The largest absolute Gasteiger partial charge is 0.341 e. The zero-order valence-corrected chi connectivity index (χ0v) is 15.2. The van der Waals surface area contributed by atoms with Crippen LogP contribution in [0, 0.1) is 11.3 Å². The van der Waals surface area contributed by atoms with E-state index in [-0.39, 0.29) is 42.0 Å². The lowest BCUT2D eigenvalue weighted by atomic mass is 9.90. The van der Waals surface area contributed by atoms with Crippen molar-refractivity contribution in [1.29, 1.82) is 0 Å². The number of amides is 4. The van der Waals surface area contributed by atoms with Crippen LogP contribution in [-0.4, -0.2) is 58.6 Å². The predicted octanol–water partition coefficient (Wildman–Crippen LogP) is 0.677. The van der Waals surface area contributed by atoms with E-state index in [0.29, 0.717) is 13.1 Å². The van der Waals surface area contributed by atoms with Gasteiger partial charge in [-0.1, -0.05) is 20.8 Å². The third-order valence-electron chi connectivity index (χ3n) is 5.17. The summed E-state index contributed by atoms with van der Waals surface area (Å²) in [5.74, 6) is -1.00. The van der Waals surface area contributed by atoms with Gasteiger partial charge in [0.2, 0.25) is 23.6 Å². The van der Waals surface area contributed by atoms with Crippen LogP contribution in [-0.2, 0) is 19.2 Å². The molecule has 2 heterocycles. The van der Waals surface area contributed by atoms with Crippen molar-refractivity contribution < 1.29 is 19.2 Å². The van der Waals surface area contributed by atoms with E-state index in [1.807, 2.05) is 20.8 Å². The average molecular weight is 349 g/mol. The second-order valence-electron chi connectivity index (χ2n) is 8.45. The van der Waals surface area contributed by atoms with E-state index in [9.17, 15) is 19.2 Å². The second kappa shape index (κ2) is 6.42. The van der Waals surface area contributed by atoms with Crippen molar-refractivity contribution in [1.82, 2.24) is 15.1 Å². The molecule has 138 valence electrons. The van der Waals surface area contributed by atoms with Crippen LogP contribution in [0.3, 0.4) is 0 Å². The van der Waals surface area contributed by atoms with Crippen molar-refractivity contribution in [2.24, 2.45) is 11.3 Å². The van der Waals surface area contributed by atoms with Crippen LogP contribution >= 0.6 is 0 Å².